The van der Waals surface area contributed by atoms with Crippen molar-refractivity contribution in [2.45, 2.75) is 25.4 Å². The van der Waals surface area contributed by atoms with E-state index in [1.807, 2.05) is 17.9 Å². The first-order chi connectivity index (χ1) is 10.2. The van der Waals surface area contributed by atoms with Gasteiger partial charge < -0.3 is 10.2 Å². The topological polar surface area (TPSA) is 33.1 Å². The van der Waals surface area contributed by atoms with Crippen LogP contribution in [0.25, 0.3) is 0 Å². The molecule has 0 saturated carbocycles. The van der Waals surface area contributed by atoms with Crippen LogP contribution in [0.1, 0.15) is 12.8 Å². The van der Waals surface area contributed by atoms with Gasteiger partial charge in [0, 0.05) is 37.6 Å². The first kappa shape index (κ1) is 16.5. The molecule has 3 rings (SSSR count). The lowest BCUT2D eigenvalue weighted by molar-refractivity contribution is 0.507. The van der Waals surface area contributed by atoms with E-state index in [9.17, 15) is 8.78 Å². The molecule has 0 radical (unpaired) electrons. The highest BCUT2D eigenvalue weighted by Gasteiger charge is 2.26. The Labute approximate surface area is 134 Å². The maximum Gasteiger partial charge on any atom is 0.128 e. The molecule has 120 valence electrons. The van der Waals surface area contributed by atoms with E-state index in [0.717, 1.165) is 31.1 Å². The van der Waals surface area contributed by atoms with Crippen LogP contribution in [-0.4, -0.2) is 29.4 Å². The second-order valence-electron chi connectivity index (χ2n) is 5.32. The van der Waals surface area contributed by atoms with Gasteiger partial charge in [-0.3, -0.25) is 4.68 Å². The maximum atomic E-state index is 13.4. The summed E-state index contributed by atoms with van der Waals surface area (Å²) in [6.45, 7) is 1.52. The summed E-state index contributed by atoms with van der Waals surface area (Å²) in [6.07, 6.45) is 5.71. The average molecular weight is 329 g/mol. The van der Waals surface area contributed by atoms with Crippen LogP contribution in [0.4, 0.5) is 20.2 Å². The zero-order valence-electron chi connectivity index (χ0n) is 12.3. The fourth-order valence-corrected chi connectivity index (χ4v) is 2.88. The zero-order chi connectivity index (χ0) is 14.8. The van der Waals surface area contributed by atoms with E-state index in [1.165, 1.54) is 12.1 Å². The third kappa shape index (κ3) is 3.50. The summed E-state index contributed by atoms with van der Waals surface area (Å²) in [6, 6.07) is 3.89. The number of hydrogen-bond acceptors (Lipinski definition) is 3. The fourth-order valence-electron chi connectivity index (χ4n) is 2.88. The van der Waals surface area contributed by atoms with Crippen LogP contribution < -0.4 is 10.2 Å². The summed E-state index contributed by atoms with van der Waals surface area (Å²) in [7, 11) is 1.85. The van der Waals surface area contributed by atoms with Crippen molar-refractivity contribution in [3.05, 3.63) is 42.2 Å². The van der Waals surface area contributed by atoms with Crippen LogP contribution in [0.15, 0.2) is 30.6 Å². The molecule has 2 aromatic rings. The number of nitrogens with zero attached hydrogens (tertiary/aromatic N) is 3. The second kappa shape index (κ2) is 6.96. The summed E-state index contributed by atoms with van der Waals surface area (Å²) in [5.74, 6) is -1.07. The van der Waals surface area contributed by atoms with Gasteiger partial charge in [0.15, 0.2) is 0 Å². The standard InChI is InChI=1S/C15H18F2N4.ClH/c1-18-13-8-19-20(9-13)10-14-3-2-4-21(14)15-6-11(16)5-12(17)7-15;/h5-9,14,18H,2-4,10H2,1H3;1H. The number of hydrogen-bond donors (Lipinski definition) is 1. The van der Waals surface area contributed by atoms with Crippen molar-refractivity contribution in [1.82, 2.24) is 9.78 Å². The number of anilines is 2. The lowest BCUT2D eigenvalue weighted by Gasteiger charge is -2.27. The summed E-state index contributed by atoms with van der Waals surface area (Å²) in [4.78, 5) is 2.06. The molecule has 1 atom stereocenters. The Morgan fingerprint density at radius 1 is 1.27 bits per heavy atom. The minimum absolute atomic E-state index is 0. The Kier molecular flexibility index (Phi) is 5.24. The van der Waals surface area contributed by atoms with Gasteiger partial charge in [-0.2, -0.15) is 5.10 Å². The van der Waals surface area contributed by atoms with Gasteiger partial charge in [0.05, 0.1) is 18.4 Å². The van der Waals surface area contributed by atoms with Crippen molar-refractivity contribution in [3.63, 3.8) is 0 Å². The molecule has 1 aliphatic rings. The van der Waals surface area contributed by atoms with Crippen LogP contribution in [0, 0.1) is 11.6 Å². The highest BCUT2D eigenvalue weighted by atomic mass is 35.5. The Morgan fingerprint density at radius 3 is 2.64 bits per heavy atom. The Bertz CT molecular complexity index is 612. The molecule has 7 heteroatoms. The molecule has 4 nitrogen and oxygen atoms in total. The Hall–Kier alpha value is -1.82. The summed E-state index contributed by atoms with van der Waals surface area (Å²) in [5.41, 5.74) is 1.56. The number of aromatic nitrogens is 2. The molecule has 0 bridgehead atoms. The molecule has 1 saturated heterocycles. The second-order valence-corrected chi connectivity index (χ2v) is 5.32. The Morgan fingerprint density at radius 2 is 2.00 bits per heavy atom. The number of rotatable bonds is 4. The van der Waals surface area contributed by atoms with E-state index in [-0.39, 0.29) is 18.4 Å². The third-order valence-electron chi connectivity index (χ3n) is 3.88. The average Bonchev–Trinajstić information content (AvgIpc) is 3.07. The lowest BCUT2D eigenvalue weighted by Crippen LogP contribution is -2.33. The highest BCUT2D eigenvalue weighted by Crippen LogP contribution is 2.28. The molecule has 0 amide bonds. The van der Waals surface area contributed by atoms with E-state index in [1.54, 1.807) is 6.20 Å². The molecule has 1 fully saturated rings. The largest absolute Gasteiger partial charge is 0.386 e. The molecule has 1 aliphatic heterocycles. The predicted molar refractivity (Wildman–Crippen MR) is 85.7 cm³/mol. The van der Waals surface area contributed by atoms with E-state index < -0.39 is 11.6 Å². The van der Waals surface area contributed by atoms with Gasteiger partial charge in [0.1, 0.15) is 11.6 Å². The number of benzene rings is 1. The van der Waals surface area contributed by atoms with E-state index in [2.05, 4.69) is 15.3 Å². The zero-order valence-corrected chi connectivity index (χ0v) is 13.1. The molecule has 1 aromatic heterocycles. The van der Waals surface area contributed by atoms with Gasteiger partial charge in [-0.1, -0.05) is 0 Å². The minimum atomic E-state index is -0.535. The monoisotopic (exact) mass is 328 g/mol. The minimum Gasteiger partial charge on any atom is -0.386 e. The first-order valence-electron chi connectivity index (χ1n) is 7.08. The van der Waals surface area contributed by atoms with E-state index in [0.29, 0.717) is 12.2 Å². The van der Waals surface area contributed by atoms with Gasteiger partial charge in [0.25, 0.3) is 0 Å². The molecule has 1 aromatic carbocycles. The molecule has 2 heterocycles. The number of nitrogens with one attached hydrogen (secondary N) is 1. The van der Waals surface area contributed by atoms with Crippen LogP contribution in [-0.2, 0) is 6.54 Å². The van der Waals surface area contributed by atoms with Crippen LogP contribution in [0.3, 0.4) is 0 Å². The van der Waals surface area contributed by atoms with Gasteiger partial charge in [0.2, 0.25) is 0 Å². The van der Waals surface area contributed by atoms with Crippen LogP contribution in [0.5, 0.6) is 0 Å². The Balaban J connectivity index is 0.00000176. The van der Waals surface area contributed by atoms with Crippen LogP contribution in [0.2, 0.25) is 0 Å². The van der Waals surface area contributed by atoms with Crippen molar-refractivity contribution in [1.29, 1.82) is 0 Å². The van der Waals surface area contributed by atoms with Crippen molar-refractivity contribution in [2.24, 2.45) is 0 Å². The van der Waals surface area contributed by atoms with Gasteiger partial charge in [-0.05, 0) is 25.0 Å². The van der Waals surface area contributed by atoms with Gasteiger partial charge >= 0.3 is 0 Å². The highest BCUT2D eigenvalue weighted by molar-refractivity contribution is 5.85. The first-order valence-corrected chi connectivity index (χ1v) is 7.08. The molecule has 0 aliphatic carbocycles. The normalized spacial score (nSPS) is 17.4. The maximum absolute atomic E-state index is 13.4. The van der Waals surface area contributed by atoms with E-state index >= 15 is 0 Å². The summed E-state index contributed by atoms with van der Waals surface area (Å²) in [5, 5.41) is 7.33. The summed E-state index contributed by atoms with van der Waals surface area (Å²) >= 11 is 0. The molecule has 0 spiro atoms. The van der Waals surface area contributed by atoms with Gasteiger partial charge in [-0.25, -0.2) is 8.78 Å². The SMILES string of the molecule is CNc1cnn(CC2CCCN2c2cc(F)cc(F)c2)c1.Cl. The van der Waals surface area contributed by atoms with Crippen molar-refractivity contribution < 1.29 is 8.78 Å². The predicted octanol–water partition coefficient (Wildman–Crippen LogP) is 3.29. The van der Waals surface area contributed by atoms with Crippen molar-refractivity contribution in [3.8, 4) is 0 Å². The van der Waals surface area contributed by atoms with E-state index in [4.69, 9.17) is 0 Å². The quantitative estimate of drug-likeness (QED) is 0.935. The summed E-state index contributed by atoms with van der Waals surface area (Å²) < 4.78 is 28.6. The fraction of sp³-hybridized carbons (Fsp3) is 0.400. The molecule has 1 unspecified atom stereocenters. The third-order valence-corrected chi connectivity index (χ3v) is 3.88. The smallest absolute Gasteiger partial charge is 0.128 e. The molecule has 22 heavy (non-hydrogen) atoms. The lowest BCUT2D eigenvalue weighted by atomic mass is 10.2. The molecular formula is C15H19ClF2N4. The molecule has 1 N–H and O–H groups in total. The molecular weight excluding hydrogens is 310 g/mol. The number of halogens is 3. The van der Waals surface area contributed by atoms with Crippen molar-refractivity contribution in [2.75, 3.05) is 23.8 Å². The van der Waals surface area contributed by atoms with Crippen molar-refractivity contribution >= 4 is 23.8 Å². The van der Waals surface area contributed by atoms with Gasteiger partial charge in [-0.15, -0.1) is 12.4 Å². The van der Waals surface area contributed by atoms with Crippen LogP contribution >= 0.6 is 12.4 Å².